The van der Waals surface area contributed by atoms with Crippen LogP contribution in [0.4, 0.5) is 10.1 Å². The topological polar surface area (TPSA) is 71.1 Å². The van der Waals surface area contributed by atoms with Crippen molar-refractivity contribution in [3.63, 3.8) is 0 Å². The van der Waals surface area contributed by atoms with Crippen LogP contribution in [0.15, 0.2) is 36.4 Å². The first-order chi connectivity index (χ1) is 13.2. The zero-order valence-electron chi connectivity index (χ0n) is 15.1. The van der Waals surface area contributed by atoms with Crippen molar-refractivity contribution < 1.29 is 14.0 Å². The van der Waals surface area contributed by atoms with Gasteiger partial charge in [-0.2, -0.15) is 0 Å². The molecule has 0 aliphatic heterocycles. The Balaban J connectivity index is 1.34. The van der Waals surface area contributed by atoms with Crippen LogP contribution in [0, 0.1) is 17.2 Å². The van der Waals surface area contributed by atoms with Gasteiger partial charge >= 0.3 is 0 Å². The number of halogens is 3. The van der Waals surface area contributed by atoms with Crippen molar-refractivity contribution in [2.75, 3.05) is 5.32 Å². The monoisotopic (exact) mass is 421 g/mol. The Hall–Kier alpha value is -2.18. The first kappa shape index (κ1) is 19.2. The smallest absolute Gasteiger partial charge is 0.270 e. The Morgan fingerprint density at radius 2 is 1.75 bits per heavy atom. The van der Waals surface area contributed by atoms with E-state index in [1.54, 1.807) is 0 Å². The number of nitrogens with one attached hydrogen (secondary N) is 2. The molecule has 1 atom stereocenters. The van der Waals surface area contributed by atoms with Gasteiger partial charge in [-0.3, -0.25) is 9.59 Å². The Morgan fingerprint density at radius 3 is 2.36 bits per heavy atom. The van der Waals surface area contributed by atoms with E-state index in [1.807, 2.05) is 6.92 Å². The molecule has 8 heteroatoms. The highest BCUT2D eigenvalue weighted by Gasteiger charge is 2.71. The summed E-state index contributed by atoms with van der Waals surface area (Å²) in [6.07, 6.45) is 2.22. The number of benzene rings is 1. The fourth-order valence-electron chi connectivity index (χ4n) is 4.37. The molecule has 0 radical (unpaired) electrons. The van der Waals surface area contributed by atoms with Gasteiger partial charge in [-0.1, -0.05) is 30.1 Å². The highest BCUT2D eigenvalue weighted by molar-refractivity contribution is 6.41. The van der Waals surface area contributed by atoms with Gasteiger partial charge in [0.1, 0.15) is 16.7 Å². The van der Waals surface area contributed by atoms with Crippen LogP contribution in [0.5, 0.6) is 0 Å². The van der Waals surface area contributed by atoms with Crippen LogP contribution in [-0.4, -0.2) is 22.3 Å². The Kier molecular flexibility index (Phi) is 4.59. The van der Waals surface area contributed by atoms with Gasteiger partial charge in [-0.25, -0.2) is 9.37 Å². The minimum atomic E-state index is -0.348. The number of carbonyl (C=O) groups is 2. The quantitative estimate of drug-likeness (QED) is 0.700. The normalized spacial score (nSPS) is 25.9. The van der Waals surface area contributed by atoms with Gasteiger partial charge in [-0.05, 0) is 61.1 Å². The molecular formula is C20H18Cl2FN3O2. The molecule has 0 unspecified atom stereocenters. The molecule has 3 fully saturated rings. The molecule has 2 bridgehead atoms. The van der Waals surface area contributed by atoms with Crippen molar-refractivity contribution in [2.45, 2.75) is 31.7 Å². The van der Waals surface area contributed by atoms with E-state index in [4.69, 9.17) is 23.2 Å². The third-order valence-electron chi connectivity index (χ3n) is 5.91. The van der Waals surface area contributed by atoms with Crippen molar-refractivity contribution in [3.05, 3.63) is 58.1 Å². The highest BCUT2D eigenvalue weighted by atomic mass is 35.5. The number of nitrogens with zero attached hydrogens (tertiary/aromatic N) is 1. The molecule has 0 saturated heterocycles. The zero-order valence-corrected chi connectivity index (χ0v) is 16.6. The molecule has 1 aromatic heterocycles. The SMILES string of the molecule is C[C@H](C(=O)Nc1ccc(F)cc1)C12CC(NC(=O)c3ccc(Cl)c(Cl)n3)(C1)C2. The summed E-state index contributed by atoms with van der Waals surface area (Å²) in [5, 5.41) is 6.24. The van der Waals surface area contributed by atoms with E-state index < -0.39 is 0 Å². The lowest BCUT2D eigenvalue weighted by Gasteiger charge is -2.72. The van der Waals surface area contributed by atoms with E-state index in [1.165, 1.54) is 36.4 Å². The summed E-state index contributed by atoms with van der Waals surface area (Å²) in [5.41, 5.74) is 0.395. The summed E-state index contributed by atoms with van der Waals surface area (Å²) in [5.74, 6) is -0.952. The van der Waals surface area contributed by atoms with E-state index in [-0.39, 0.29) is 45.4 Å². The molecule has 5 nitrogen and oxygen atoms in total. The van der Waals surface area contributed by atoms with Gasteiger partial charge < -0.3 is 10.6 Å². The molecule has 28 heavy (non-hydrogen) atoms. The van der Waals surface area contributed by atoms with Crippen LogP contribution in [0.3, 0.4) is 0 Å². The molecule has 5 rings (SSSR count). The van der Waals surface area contributed by atoms with Crippen molar-refractivity contribution >= 4 is 40.7 Å². The summed E-state index contributed by atoms with van der Waals surface area (Å²) < 4.78 is 13.0. The van der Waals surface area contributed by atoms with Crippen molar-refractivity contribution in [2.24, 2.45) is 11.3 Å². The van der Waals surface area contributed by atoms with Gasteiger partial charge in [0.05, 0.1) is 5.02 Å². The van der Waals surface area contributed by atoms with Crippen LogP contribution < -0.4 is 10.6 Å². The van der Waals surface area contributed by atoms with E-state index in [0.29, 0.717) is 10.7 Å². The fraction of sp³-hybridized carbons (Fsp3) is 0.350. The molecule has 146 valence electrons. The van der Waals surface area contributed by atoms with Crippen molar-refractivity contribution in [3.8, 4) is 0 Å². The molecule has 2 aromatic rings. The average molecular weight is 422 g/mol. The third-order valence-corrected chi connectivity index (χ3v) is 6.60. The molecule has 1 heterocycles. The molecule has 3 aliphatic carbocycles. The Bertz CT molecular complexity index is 945. The molecular weight excluding hydrogens is 404 g/mol. The van der Waals surface area contributed by atoms with E-state index in [2.05, 4.69) is 15.6 Å². The van der Waals surface area contributed by atoms with Crippen LogP contribution in [0.2, 0.25) is 10.2 Å². The zero-order chi connectivity index (χ0) is 20.1. The van der Waals surface area contributed by atoms with Crippen LogP contribution >= 0.6 is 23.2 Å². The fourth-order valence-corrected chi connectivity index (χ4v) is 4.63. The van der Waals surface area contributed by atoms with E-state index >= 15 is 0 Å². The Morgan fingerprint density at radius 1 is 1.11 bits per heavy atom. The van der Waals surface area contributed by atoms with Crippen LogP contribution in [0.25, 0.3) is 0 Å². The Labute approximate surface area is 171 Å². The number of amides is 2. The van der Waals surface area contributed by atoms with E-state index in [9.17, 15) is 14.0 Å². The summed E-state index contributed by atoms with van der Waals surface area (Å²) in [6, 6.07) is 8.76. The van der Waals surface area contributed by atoms with E-state index in [0.717, 1.165) is 19.3 Å². The van der Waals surface area contributed by atoms with Crippen molar-refractivity contribution in [1.82, 2.24) is 10.3 Å². The predicted molar refractivity (Wildman–Crippen MR) is 105 cm³/mol. The number of hydrogen-bond donors (Lipinski definition) is 2. The minimum Gasteiger partial charge on any atom is -0.345 e. The summed E-state index contributed by atoms with van der Waals surface area (Å²) in [7, 11) is 0. The lowest BCUT2D eigenvalue weighted by molar-refractivity contribution is -0.184. The van der Waals surface area contributed by atoms with Gasteiger partial charge in [0.15, 0.2) is 0 Å². The second-order valence-electron chi connectivity index (χ2n) is 7.81. The maximum absolute atomic E-state index is 13.0. The minimum absolute atomic E-state index is 0.0921. The van der Waals surface area contributed by atoms with Gasteiger partial charge in [0, 0.05) is 17.1 Å². The number of hydrogen-bond acceptors (Lipinski definition) is 3. The van der Waals surface area contributed by atoms with Crippen molar-refractivity contribution in [1.29, 1.82) is 0 Å². The largest absolute Gasteiger partial charge is 0.345 e. The lowest BCUT2D eigenvalue weighted by atomic mass is 9.36. The molecule has 3 saturated carbocycles. The predicted octanol–water partition coefficient (Wildman–Crippen LogP) is 4.45. The third kappa shape index (κ3) is 3.25. The van der Waals surface area contributed by atoms with Gasteiger partial charge in [0.25, 0.3) is 5.91 Å². The number of anilines is 1. The molecule has 0 spiro atoms. The molecule has 3 aliphatic rings. The van der Waals surface area contributed by atoms with Gasteiger partial charge in [0.2, 0.25) is 5.91 Å². The van der Waals surface area contributed by atoms with Gasteiger partial charge in [-0.15, -0.1) is 0 Å². The second kappa shape index (κ2) is 6.71. The first-order valence-corrected chi connectivity index (χ1v) is 9.69. The maximum atomic E-state index is 13.0. The molecule has 1 aromatic carbocycles. The summed E-state index contributed by atoms with van der Waals surface area (Å²) in [4.78, 5) is 29.0. The summed E-state index contributed by atoms with van der Waals surface area (Å²) in [6.45, 7) is 1.89. The average Bonchev–Trinajstić information content (AvgIpc) is 2.60. The van der Waals surface area contributed by atoms with Crippen LogP contribution in [0.1, 0.15) is 36.7 Å². The lowest BCUT2D eigenvalue weighted by Crippen LogP contribution is -2.77. The molecule has 2 amide bonds. The number of carbonyl (C=O) groups excluding carboxylic acids is 2. The van der Waals surface area contributed by atoms with Crippen LogP contribution in [-0.2, 0) is 4.79 Å². The number of pyridine rings is 1. The maximum Gasteiger partial charge on any atom is 0.270 e. The summed E-state index contributed by atoms with van der Waals surface area (Å²) >= 11 is 11.7. The second-order valence-corrected chi connectivity index (χ2v) is 8.58. The number of aromatic nitrogens is 1. The standard InChI is InChI=1S/C20H18Cl2FN3O2/c1-11(17(27)24-13-4-2-12(23)3-5-13)19-8-20(9-19,10-19)26-18(28)15-7-6-14(21)16(22)25-15/h2-7,11H,8-10H2,1H3,(H,24,27)(H,26,28)/t11-,19?,20?/m1/s1. The highest BCUT2D eigenvalue weighted by Crippen LogP contribution is 2.70. The number of rotatable bonds is 5. The first-order valence-electron chi connectivity index (χ1n) is 8.93. The molecule has 2 N–H and O–H groups in total.